The Balaban J connectivity index is 2.03. The molecule has 122 valence electrons. The second-order valence-corrected chi connectivity index (χ2v) is 6.49. The van der Waals surface area contributed by atoms with E-state index in [1.807, 2.05) is 6.92 Å². The van der Waals surface area contributed by atoms with Crippen molar-refractivity contribution in [2.45, 2.75) is 33.6 Å². The van der Waals surface area contributed by atoms with Crippen molar-refractivity contribution in [3.05, 3.63) is 55.0 Å². The highest BCUT2D eigenvalue weighted by atomic mass is 32.1. The number of hydrogen-bond acceptors (Lipinski definition) is 5. The van der Waals surface area contributed by atoms with Crippen LogP contribution in [0.25, 0.3) is 0 Å². The monoisotopic (exact) mass is 333 g/mol. The van der Waals surface area contributed by atoms with Crippen LogP contribution in [0.2, 0.25) is 0 Å². The molecule has 0 aliphatic carbocycles. The Bertz CT molecular complexity index is 740. The van der Waals surface area contributed by atoms with Gasteiger partial charge in [-0.25, -0.2) is 4.98 Å². The molecule has 0 fully saturated rings. The van der Waals surface area contributed by atoms with Gasteiger partial charge in [0.15, 0.2) is 0 Å². The zero-order valence-corrected chi connectivity index (χ0v) is 14.2. The third-order valence-electron chi connectivity index (χ3n) is 3.56. The largest absolute Gasteiger partial charge is 0.351 e. The predicted octanol–water partition coefficient (Wildman–Crippen LogP) is 3.20. The summed E-state index contributed by atoms with van der Waals surface area (Å²) in [6.07, 6.45) is 1.51. The van der Waals surface area contributed by atoms with Crippen LogP contribution in [-0.2, 0) is 12.8 Å². The van der Waals surface area contributed by atoms with Crippen molar-refractivity contribution < 1.29 is 9.72 Å². The molecule has 23 heavy (non-hydrogen) atoms. The number of thiazole rings is 1. The molecule has 1 aromatic carbocycles. The Morgan fingerprint density at radius 3 is 2.74 bits per heavy atom. The van der Waals surface area contributed by atoms with Gasteiger partial charge in [-0.1, -0.05) is 19.1 Å². The minimum absolute atomic E-state index is 0.0968. The molecule has 1 heterocycles. The normalized spacial score (nSPS) is 10.6. The SMILES string of the molecule is CCc1nc(CCNC(=O)c2cccc(C)c2[N+](=O)[O-])sc1C. The van der Waals surface area contributed by atoms with E-state index in [2.05, 4.69) is 17.2 Å². The second kappa shape index (κ2) is 7.32. The molecular weight excluding hydrogens is 314 g/mol. The topological polar surface area (TPSA) is 85.1 Å². The zero-order chi connectivity index (χ0) is 17.0. The van der Waals surface area contributed by atoms with Gasteiger partial charge in [0.1, 0.15) is 5.56 Å². The Hall–Kier alpha value is -2.28. The van der Waals surface area contributed by atoms with Crippen LogP contribution >= 0.6 is 11.3 Å². The lowest BCUT2D eigenvalue weighted by molar-refractivity contribution is -0.385. The Morgan fingerprint density at radius 1 is 1.39 bits per heavy atom. The molecule has 0 bridgehead atoms. The molecule has 0 saturated heterocycles. The van der Waals surface area contributed by atoms with E-state index in [-0.39, 0.29) is 11.3 Å². The molecule has 2 rings (SSSR count). The van der Waals surface area contributed by atoms with Gasteiger partial charge in [0.05, 0.1) is 15.6 Å². The minimum atomic E-state index is -0.512. The van der Waals surface area contributed by atoms with E-state index in [0.717, 1.165) is 17.1 Å². The van der Waals surface area contributed by atoms with Crippen LogP contribution in [-0.4, -0.2) is 22.4 Å². The molecule has 1 N–H and O–H groups in total. The molecule has 7 heteroatoms. The van der Waals surface area contributed by atoms with Crippen molar-refractivity contribution in [2.24, 2.45) is 0 Å². The molecule has 1 aromatic heterocycles. The van der Waals surface area contributed by atoms with Crippen molar-refractivity contribution in [3.63, 3.8) is 0 Å². The van der Waals surface area contributed by atoms with Crippen LogP contribution < -0.4 is 5.32 Å². The van der Waals surface area contributed by atoms with Gasteiger partial charge in [-0.3, -0.25) is 14.9 Å². The number of hydrogen-bond donors (Lipinski definition) is 1. The lowest BCUT2D eigenvalue weighted by atomic mass is 10.1. The molecule has 0 unspecified atom stereocenters. The van der Waals surface area contributed by atoms with E-state index in [4.69, 9.17) is 0 Å². The molecule has 0 saturated carbocycles. The zero-order valence-electron chi connectivity index (χ0n) is 13.4. The summed E-state index contributed by atoms with van der Waals surface area (Å²) in [5.74, 6) is -0.426. The van der Waals surface area contributed by atoms with Crippen molar-refractivity contribution in [1.29, 1.82) is 0 Å². The van der Waals surface area contributed by atoms with Crippen LogP contribution in [0.15, 0.2) is 18.2 Å². The van der Waals surface area contributed by atoms with Crippen LogP contribution in [0.3, 0.4) is 0 Å². The fraction of sp³-hybridized carbons (Fsp3) is 0.375. The summed E-state index contributed by atoms with van der Waals surface area (Å²) in [6, 6.07) is 4.75. The van der Waals surface area contributed by atoms with E-state index in [0.29, 0.717) is 18.5 Å². The molecule has 0 atom stereocenters. The third kappa shape index (κ3) is 3.92. The van der Waals surface area contributed by atoms with E-state index in [1.165, 1.54) is 10.9 Å². The maximum Gasteiger partial charge on any atom is 0.285 e. The van der Waals surface area contributed by atoms with E-state index in [1.54, 1.807) is 30.4 Å². The van der Waals surface area contributed by atoms with Crippen molar-refractivity contribution in [1.82, 2.24) is 10.3 Å². The van der Waals surface area contributed by atoms with E-state index >= 15 is 0 Å². The third-order valence-corrected chi connectivity index (χ3v) is 4.63. The van der Waals surface area contributed by atoms with Crippen molar-refractivity contribution >= 4 is 22.9 Å². The number of carbonyl (C=O) groups is 1. The number of aromatic nitrogens is 1. The van der Waals surface area contributed by atoms with Crippen LogP contribution in [0.5, 0.6) is 0 Å². The number of amides is 1. The Labute approximate surface area is 138 Å². The molecule has 6 nitrogen and oxygen atoms in total. The van der Waals surface area contributed by atoms with Gasteiger partial charge in [0.2, 0.25) is 0 Å². The number of nitrogens with one attached hydrogen (secondary N) is 1. The summed E-state index contributed by atoms with van der Waals surface area (Å²) in [5, 5.41) is 14.8. The molecule has 0 radical (unpaired) electrons. The molecule has 0 aliphatic heterocycles. The maximum atomic E-state index is 12.2. The van der Waals surface area contributed by atoms with Crippen LogP contribution in [0.4, 0.5) is 5.69 Å². The number of carbonyl (C=O) groups excluding carboxylic acids is 1. The first kappa shape index (κ1) is 17.1. The van der Waals surface area contributed by atoms with E-state index < -0.39 is 10.8 Å². The van der Waals surface area contributed by atoms with Gasteiger partial charge in [-0.15, -0.1) is 11.3 Å². The van der Waals surface area contributed by atoms with Crippen LogP contribution in [0, 0.1) is 24.0 Å². The first-order valence-electron chi connectivity index (χ1n) is 7.41. The molecular formula is C16H19N3O3S. The smallest absolute Gasteiger partial charge is 0.285 e. The molecule has 2 aromatic rings. The summed E-state index contributed by atoms with van der Waals surface area (Å²) < 4.78 is 0. The average Bonchev–Trinajstić information content (AvgIpc) is 2.86. The highest BCUT2D eigenvalue weighted by Crippen LogP contribution is 2.23. The number of nitro benzene ring substituents is 1. The lowest BCUT2D eigenvalue weighted by Gasteiger charge is -2.06. The molecule has 0 aliphatic rings. The standard InChI is InChI=1S/C16H19N3O3S/c1-4-13-11(3)23-14(18-13)8-9-17-16(20)12-7-5-6-10(2)15(12)19(21)22/h5-7H,4,8-9H2,1-3H3,(H,17,20). The molecule has 0 spiro atoms. The molecule has 1 amide bonds. The van der Waals surface area contributed by atoms with Crippen molar-refractivity contribution in [3.8, 4) is 0 Å². The number of nitro groups is 1. The van der Waals surface area contributed by atoms with E-state index in [9.17, 15) is 14.9 Å². The number of benzene rings is 1. The van der Waals surface area contributed by atoms with Crippen LogP contribution in [0.1, 0.15) is 38.4 Å². The summed E-state index contributed by atoms with van der Waals surface area (Å²) >= 11 is 1.63. The first-order chi connectivity index (χ1) is 10.9. The highest BCUT2D eigenvalue weighted by Gasteiger charge is 2.22. The number of aryl methyl sites for hydroxylation is 3. The minimum Gasteiger partial charge on any atom is -0.351 e. The fourth-order valence-electron chi connectivity index (χ4n) is 2.39. The average molecular weight is 333 g/mol. The Morgan fingerprint density at radius 2 is 2.13 bits per heavy atom. The van der Waals surface area contributed by atoms with Crippen molar-refractivity contribution in [2.75, 3.05) is 6.54 Å². The van der Waals surface area contributed by atoms with Gasteiger partial charge >= 0.3 is 0 Å². The van der Waals surface area contributed by atoms with Gasteiger partial charge < -0.3 is 5.32 Å². The predicted molar refractivity (Wildman–Crippen MR) is 90.1 cm³/mol. The van der Waals surface area contributed by atoms with Gasteiger partial charge in [-0.05, 0) is 26.3 Å². The van der Waals surface area contributed by atoms with Gasteiger partial charge in [-0.2, -0.15) is 0 Å². The first-order valence-corrected chi connectivity index (χ1v) is 8.23. The summed E-state index contributed by atoms with van der Waals surface area (Å²) in [7, 11) is 0. The summed E-state index contributed by atoms with van der Waals surface area (Å²) in [5.41, 5.74) is 1.53. The fourth-order valence-corrected chi connectivity index (χ4v) is 3.41. The Kier molecular flexibility index (Phi) is 5.44. The number of rotatable bonds is 6. The highest BCUT2D eigenvalue weighted by molar-refractivity contribution is 7.11. The quantitative estimate of drug-likeness (QED) is 0.650. The maximum absolute atomic E-state index is 12.2. The lowest BCUT2D eigenvalue weighted by Crippen LogP contribution is -2.26. The number of para-hydroxylation sites is 1. The summed E-state index contributed by atoms with van der Waals surface area (Å²) in [6.45, 7) is 6.12. The number of nitrogens with zero attached hydrogens (tertiary/aromatic N) is 2. The van der Waals surface area contributed by atoms with Gasteiger partial charge in [0, 0.05) is 23.4 Å². The second-order valence-electron chi connectivity index (χ2n) is 5.20. The van der Waals surface area contributed by atoms with Gasteiger partial charge in [0.25, 0.3) is 11.6 Å². The summed E-state index contributed by atoms with van der Waals surface area (Å²) in [4.78, 5) is 28.5.